The topological polar surface area (TPSA) is 56.7 Å². The normalized spacial score (nSPS) is 13.2. The zero-order valence-electron chi connectivity index (χ0n) is 14.8. The SMILES string of the molecule is CCNC(=NCc1ccc(Br)c(F)c1)NCC(CCO)CC(C)C. The van der Waals surface area contributed by atoms with E-state index >= 15 is 0 Å². The molecule has 0 heterocycles. The van der Waals surface area contributed by atoms with E-state index in [0.717, 1.165) is 31.5 Å². The van der Waals surface area contributed by atoms with Gasteiger partial charge in [-0.1, -0.05) is 19.9 Å². The minimum absolute atomic E-state index is 0.199. The average molecular weight is 402 g/mol. The lowest BCUT2D eigenvalue weighted by atomic mass is 9.94. The third-order valence-corrected chi connectivity index (χ3v) is 4.29. The Hall–Kier alpha value is -1.14. The van der Waals surface area contributed by atoms with E-state index in [4.69, 9.17) is 0 Å². The maximum atomic E-state index is 13.6. The number of hydrogen-bond acceptors (Lipinski definition) is 2. The van der Waals surface area contributed by atoms with Crippen molar-refractivity contribution in [2.75, 3.05) is 19.7 Å². The number of hydrogen-bond donors (Lipinski definition) is 3. The number of aliphatic hydroxyl groups excluding tert-OH is 1. The molecular formula is C18H29BrFN3O. The van der Waals surface area contributed by atoms with Crippen LogP contribution in [0, 0.1) is 17.7 Å². The second-order valence-electron chi connectivity index (χ2n) is 6.33. The molecule has 4 nitrogen and oxygen atoms in total. The number of aliphatic imine (C=N–C) groups is 1. The summed E-state index contributed by atoms with van der Waals surface area (Å²) in [7, 11) is 0. The van der Waals surface area contributed by atoms with E-state index in [-0.39, 0.29) is 12.4 Å². The lowest BCUT2D eigenvalue weighted by Gasteiger charge is -2.20. The van der Waals surface area contributed by atoms with Crippen molar-refractivity contribution in [3.63, 3.8) is 0 Å². The minimum atomic E-state index is -0.277. The van der Waals surface area contributed by atoms with Gasteiger partial charge in [-0.05, 0) is 65.2 Å². The number of halogens is 2. The Morgan fingerprint density at radius 1 is 1.33 bits per heavy atom. The van der Waals surface area contributed by atoms with Gasteiger partial charge in [0.1, 0.15) is 5.82 Å². The first kappa shape index (κ1) is 20.9. The van der Waals surface area contributed by atoms with Gasteiger partial charge in [0.25, 0.3) is 0 Å². The molecule has 1 aromatic rings. The molecule has 0 saturated heterocycles. The Kier molecular flexibility index (Phi) is 9.95. The molecule has 24 heavy (non-hydrogen) atoms. The standard InChI is InChI=1S/C18H29BrFN3O/c1-4-21-18(23-12-15(7-8-24)9-13(2)3)22-11-14-5-6-16(19)17(20)10-14/h5-6,10,13,15,24H,4,7-9,11-12H2,1-3H3,(H2,21,22,23). The highest BCUT2D eigenvalue weighted by atomic mass is 79.9. The summed E-state index contributed by atoms with van der Waals surface area (Å²) in [6.45, 7) is 8.52. The molecule has 0 spiro atoms. The maximum absolute atomic E-state index is 13.6. The van der Waals surface area contributed by atoms with Crippen molar-refractivity contribution in [3.05, 3.63) is 34.1 Å². The Morgan fingerprint density at radius 2 is 2.08 bits per heavy atom. The summed E-state index contributed by atoms with van der Waals surface area (Å²) in [5.74, 6) is 1.44. The largest absolute Gasteiger partial charge is 0.396 e. The summed E-state index contributed by atoms with van der Waals surface area (Å²) >= 11 is 3.15. The van der Waals surface area contributed by atoms with Crippen LogP contribution in [0.3, 0.4) is 0 Å². The van der Waals surface area contributed by atoms with Crippen LogP contribution in [0.5, 0.6) is 0 Å². The van der Waals surface area contributed by atoms with Gasteiger partial charge in [0, 0.05) is 19.7 Å². The highest BCUT2D eigenvalue weighted by Crippen LogP contribution is 2.17. The summed E-state index contributed by atoms with van der Waals surface area (Å²) in [6, 6.07) is 5.04. The van der Waals surface area contributed by atoms with E-state index in [1.54, 1.807) is 6.07 Å². The fourth-order valence-corrected chi connectivity index (χ4v) is 2.79. The van der Waals surface area contributed by atoms with E-state index in [1.807, 2.05) is 13.0 Å². The van der Waals surface area contributed by atoms with Gasteiger partial charge in [-0.3, -0.25) is 0 Å². The molecule has 136 valence electrons. The van der Waals surface area contributed by atoms with E-state index in [1.165, 1.54) is 6.07 Å². The number of nitrogens with zero attached hydrogens (tertiary/aromatic N) is 1. The van der Waals surface area contributed by atoms with Gasteiger partial charge in [-0.25, -0.2) is 9.38 Å². The number of aliphatic hydroxyl groups is 1. The molecule has 0 fully saturated rings. The zero-order chi connectivity index (χ0) is 17.9. The summed E-state index contributed by atoms with van der Waals surface area (Å²) in [5, 5.41) is 15.7. The van der Waals surface area contributed by atoms with Gasteiger partial charge in [0.2, 0.25) is 0 Å². The predicted octanol–water partition coefficient (Wildman–Crippen LogP) is 3.69. The Bertz CT molecular complexity index is 523. The van der Waals surface area contributed by atoms with Gasteiger partial charge in [-0.15, -0.1) is 0 Å². The molecule has 1 unspecified atom stereocenters. The van der Waals surface area contributed by atoms with Crippen LogP contribution in [-0.2, 0) is 6.54 Å². The molecule has 0 aliphatic rings. The first-order chi connectivity index (χ1) is 11.5. The fourth-order valence-electron chi connectivity index (χ4n) is 2.54. The highest BCUT2D eigenvalue weighted by Gasteiger charge is 2.11. The van der Waals surface area contributed by atoms with Crippen LogP contribution in [0.25, 0.3) is 0 Å². The van der Waals surface area contributed by atoms with Crippen LogP contribution >= 0.6 is 15.9 Å². The summed E-state index contributed by atoms with van der Waals surface area (Å²) in [6.07, 6.45) is 1.84. The van der Waals surface area contributed by atoms with E-state index in [2.05, 4.69) is 45.4 Å². The Labute approximate surface area is 153 Å². The van der Waals surface area contributed by atoms with Gasteiger partial charge in [0.05, 0.1) is 11.0 Å². The molecule has 0 saturated carbocycles. The van der Waals surface area contributed by atoms with Crippen LogP contribution in [0.2, 0.25) is 0 Å². The van der Waals surface area contributed by atoms with Gasteiger partial charge in [-0.2, -0.15) is 0 Å². The quantitative estimate of drug-likeness (QED) is 0.436. The van der Waals surface area contributed by atoms with Crippen LogP contribution in [-0.4, -0.2) is 30.8 Å². The first-order valence-electron chi connectivity index (χ1n) is 8.53. The van der Waals surface area contributed by atoms with Crippen LogP contribution < -0.4 is 10.6 Å². The van der Waals surface area contributed by atoms with E-state index in [0.29, 0.717) is 28.8 Å². The van der Waals surface area contributed by atoms with Gasteiger partial charge < -0.3 is 15.7 Å². The second kappa shape index (κ2) is 11.4. The van der Waals surface area contributed by atoms with Crippen LogP contribution in [0.4, 0.5) is 4.39 Å². The average Bonchev–Trinajstić information content (AvgIpc) is 2.52. The fraction of sp³-hybridized carbons (Fsp3) is 0.611. The number of nitrogens with one attached hydrogen (secondary N) is 2. The summed E-state index contributed by atoms with van der Waals surface area (Å²) in [5.41, 5.74) is 0.821. The third-order valence-electron chi connectivity index (χ3n) is 3.65. The molecule has 1 rings (SSSR count). The molecule has 3 N–H and O–H groups in total. The highest BCUT2D eigenvalue weighted by molar-refractivity contribution is 9.10. The second-order valence-corrected chi connectivity index (χ2v) is 7.19. The van der Waals surface area contributed by atoms with Crippen molar-refractivity contribution < 1.29 is 9.50 Å². The smallest absolute Gasteiger partial charge is 0.191 e. The Morgan fingerprint density at radius 3 is 2.67 bits per heavy atom. The molecule has 0 radical (unpaired) electrons. The zero-order valence-corrected chi connectivity index (χ0v) is 16.4. The van der Waals surface area contributed by atoms with Crippen molar-refractivity contribution in [3.8, 4) is 0 Å². The van der Waals surface area contributed by atoms with Crippen LogP contribution in [0.15, 0.2) is 27.7 Å². The van der Waals surface area contributed by atoms with Crippen molar-refractivity contribution in [2.45, 2.75) is 40.2 Å². The Balaban J connectivity index is 2.65. The van der Waals surface area contributed by atoms with Crippen molar-refractivity contribution in [1.29, 1.82) is 0 Å². The molecule has 0 aromatic heterocycles. The van der Waals surface area contributed by atoms with Gasteiger partial charge in [0.15, 0.2) is 5.96 Å². The summed E-state index contributed by atoms with van der Waals surface area (Å²) < 4.78 is 14.0. The minimum Gasteiger partial charge on any atom is -0.396 e. The predicted molar refractivity (Wildman–Crippen MR) is 102 cm³/mol. The van der Waals surface area contributed by atoms with Crippen molar-refractivity contribution in [1.82, 2.24) is 10.6 Å². The molecule has 0 aliphatic carbocycles. The van der Waals surface area contributed by atoms with Crippen molar-refractivity contribution in [2.24, 2.45) is 16.8 Å². The monoisotopic (exact) mass is 401 g/mol. The summed E-state index contributed by atoms with van der Waals surface area (Å²) in [4.78, 5) is 4.52. The van der Waals surface area contributed by atoms with E-state index < -0.39 is 0 Å². The number of rotatable bonds is 9. The number of guanidine groups is 1. The molecule has 0 amide bonds. The molecular weight excluding hydrogens is 373 g/mol. The number of benzene rings is 1. The van der Waals surface area contributed by atoms with E-state index in [9.17, 15) is 9.50 Å². The van der Waals surface area contributed by atoms with Gasteiger partial charge >= 0.3 is 0 Å². The lowest BCUT2D eigenvalue weighted by molar-refractivity contribution is 0.243. The molecule has 0 aliphatic heterocycles. The van der Waals surface area contributed by atoms with Crippen molar-refractivity contribution >= 4 is 21.9 Å². The third kappa shape index (κ3) is 8.11. The lowest BCUT2D eigenvalue weighted by Crippen LogP contribution is -2.40. The first-order valence-corrected chi connectivity index (χ1v) is 9.32. The molecule has 6 heteroatoms. The van der Waals surface area contributed by atoms with Crippen LogP contribution in [0.1, 0.15) is 39.2 Å². The molecule has 1 atom stereocenters. The molecule has 1 aromatic carbocycles. The maximum Gasteiger partial charge on any atom is 0.191 e. The molecule has 0 bridgehead atoms.